The lowest BCUT2D eigenvalue weighted by atomic mass is 10.0. The van der Waals surface area contributed by atoms with Crippen LogP contribution in [0.1, 0.15) is 31.0 Å². The molecular weight excluding hydrogens is 268 g/mol. The van der Waals surface area contributed by atoms with Gasteiger partial charge in [-0.2, -0.15) is 5.10 Å². The Balaban J connectivity index is 2.15. The minimum atomic E-state index is 0.328. The molecule has 22 heavy (non-hydrogen) atoms. The Labute approximate surface area is 132 Å². The highest BCUT2D eigenvalue weighted by atomic mass is 15.3. The summed E-state index contributed by atoms with van der Waals surface area (Å²) >= 11 is 0. The zero-order valence-corrected chi connectivity index (χ0v) is 13.7. The first-order valence-corrected chi connectivity index (χ1v) is 7.79. The molecule has 1 aromatic heterocycles. The van der Waals surface area contributed by atoms with Gasteiger partial charge in [-0.25, -0.2) is 0 Å². The van der Waals surface area contributed by atoms with E-state index in [4.69, 9.17) is 5.10 Å². The predicted octanol–water partition coefficient (Wildman–Crippen LogP) is 5.41. The van der Waals surface area contributed by atoms with Crippen LogP contribution in [-0.2, 0) is 0 Å². The molecule has 0 bridgehead atoms. The van der Waals surface area contributed by atoms with Gasteiger partial charge in [-0.15, -0.1) is 0 Å². The molecule has 3 aromatic rings. The van der Waals surface area contributed by atoms with Crippen molar-refractivity contribution in [3.63, 3.8) is 0 Å². The van der Waals surface area contributed by atoms with E-state index in [1.165, 1.54) is 27.9 Å². The Bertz CT molecular complexity index is 783. The molecule has 0 N–H and O–H groups in total. The molecule has 0 unspecified atom stereocenters. The largest absolute Gasteiger partial charge is 0.262 e. The van der Waals surface area contributed by atoms with E-state index in [2.05, 4.69) is 80.9 Å². The molecule has 3 rings (SSSR count). The van der Waals surface area contributed by atoms with Crippen molar-refractivity contribution >= 4 is 0 Å². The molecule has 0 radical (unpaired) electrons. The van der Waals surface area contributed by atoms with Gasteiger partial charge in [0.1, 0.15) is 0 Å². The molecule has 1 heterocycles. The normalized spacial score (nSPS) is 11.1. The molecule has 2 nitrogen and oxygen atoms in total. The first kappa shape index (κ1) is 14.6. The van der Waals surface area contributed by atoms with Crippen molar-refractivity contribution in [2.45, 2.75) is 33.7 Å². The highest BCUT2D eigenvalue weighted by Gasteiger charge is 2.14. The highest BCUT2D eigenvalue weighted by Crippen LogP contribution is 2.30. The van der Waals surface area contributed by atoms with Crippen LogP contribution in [-0.4, -0.2) is 9.78 Å². The summed E-state index contributed by atoms with van der Waals surface area (Å²) in [4.78, 5) is 0. The van der Waals surface area contributed by atoms with Gasteiger partial charge >= 0.3 is 0 Å². The number of hydrogen-bond acceptors (Lipinski definition) is 1. The van der Waals surface area contributed by atoms with Gasteiger partial charge in [0.2, 0.25) is 0 Å². The molecular formula is C20H22N2. The lowest BCUT2D eigenvalue weighted by Gasteiger charge is -2.10. The number of rotatable bonds is 3. The molecule has 0 fully saturated rings. The van der Waals surface area contributed by atoms with Crippen LogP contribution in [0.5, 0.6) is 0 Å². The third-order valence-electron chi connectivity index (χ3n) is 3.95. The Morgan fingerprint density at radius 1 is 0.909 bits per heavy atom. The van der Waals surface area contributed by atoms with Gasteiger partial charge in [-0.1, -0.05) is 54.1 Å². The van der Waals surface area contributed by atoms with Crippen LogP contribution >= 0.6 is 0 Å². The van der Waals surface area contributed by atoms with E-state index in [1.54, 1.807) is 0 Å². The van der Waals surface area contributed by atoms with E-state index in [0.29, 0.717) is 6.04 Å². The number of aryl methyl sites for hydroxylation is 2. The molecule has 112 valence electrons. The standard InChI is InChI=1S/C20H22N2/c1-14(2)22-20(17-8-6-5-7-9-17)13-19(21-22)18-11-10-15(3)12-16(18)4/h5-14H,1-4H3. The minimum Gasteiger partial charge on any atom is -0.262 e. The molecule has 2 aromatic carbocycles. The maximum atomic E-state index is 4.86. The van der Waals surface area contributed by atoms with Gasteiger partial charge in [0.05, 0.1) is 11.4 Å². The number of hydrogen-bond donors (Lipinski definition) is 0. The lowest BCUT2D eigenvalue weighted by molar-refractivity contribution is 0.540. The topological polar surface area (TPSA) is 17.8 Å². The summed E-state index contributed by atoms with van der Waals surface area (Å²) in [7, 11) is 0. The highest BCUT2D eigenvalue weighted by molar-refractivity contribution is 5.71. The van der Waals surface area contributed by atoms with E-state index < -0.39 is 0 Å². The zero-order chi connectivity index (χ0) is 15.7. The molecule has 0 saturated carbocycles. The second kappa shape index (κ2) is 5.80. The summed E-state index contributed by atoms with van der Waals surface area (Å²) in [5.74, 6) is 0. The van der Waals surface area contributed by atoms with Gasteiger partial charge < -0.3 is 0 Å². The van der Waals surface area contributed by atoms with Crippen molar-refractivity contribution in [1.82, 2.24) is 9.78 Å². The summed E-state index contributed by atoms with van der Waals surface area (Å²) in [5, 5.41) is 4.86. The van der Waals surface area contributed by atoms with Gasteiger partial charge in [0.25, 0.3) is 0 Å². The average molecular weight is 290 g/mol. The van der Waals surface area contributed by atoms with Crippen LogP contribution in [0, 0.1) is 13.8 Å². The fraction of sp³-hybridized carbons (Fsp3) is 0.250. The average Bonchev–Trinajstić information content (AvgIpc) is 2.93. The van der Waals surface area contributed by atoms with Crippen LogP contribution in [0.3, 0.4) is 0 Å². The Morgan fingerprint density at radius 2 is 1.64 bits per heavy atom. The van der Waals surface area contributed by atoms with Crippen LogP contribution in [0.4, 0.5) is 0 Å². The summed E-state index contributed by atoms with van der Waals surface area (Å²) in [6.07, 6.45) is 0. The smallest absolute Gasteiger partial charge is 0.0932 e. The molecule has 0 atom stereocenters. The number of benzene rings is 2. The van der Waals surface area contributed by atoms with Crippen molar-refractivity contribution in [2.75, 3.05) is 0 Å². The van der Waals surface area contributed by atoms with Gasteiger partial charge in [0, 0.05) is 11.6 Å². The van der Waals surface area contributed by atoms with Gasteiger partial charge in [-0.05, 0) is 44.9 Å². The number of nitrogens with zero attached hydrogens (tertiary/aromatic N) is 2. The van der Waals surface area contributed by atoms with E-state index in [0.717, 1.165) is 5.69 Å². The fourth-order valence-electron chi connectivity index (χ4n) is 2.85. The molecule has 0 amide bonds. The first-order valence-electron chi connectivity index (χ1n) is 7.79. The fourth-order valence-corrected chi connectivity index (χ4v) is 2.85. The van der Waals surface area contributed by atoms with Crippen molar-refractivity contribution in [2.24, 2.45) is 0 Å². The van der Waals surface area contributed by atoms with Crippen molar-refractivity contribution in [3.8, 4) is 22.5 Å². The maximum Gasteiger partial charge on any atom is 0.0932 e. The van der Waals surface area contributed by atoms with Gasteiger partial charge in [0.15, 0.2) is 0 Å². The van der Waals surface area contributed by atoms with E-state index in [9.17, 15) is 0 Å². The maximum absolute atomic E-state index is 4.86. The monoisotopic (exact) mass is 290 g/mol. The summed E-state index contributed by atoms with van der Waals surface area (Å²) in [5.41, 5.74) is 7.19. The Hall–Kier alpha value is -2.35. The molecule has 0 saturated heterocycles. The van der Waals surface area contributed by atoms with E-state index >= 15 is 0 Å². The zero-order valence-electron chi connectivity index (χ0n) is 13.7. The van der Waals surface area contributed by atoms with Gasteiger partial charge in [-0.3, -0.25) is 4.68 Å². The van der Waals surface area contributed by atoms with Crippen LogP contribution < -0.4 is 0 Å². The Morgan fingerprint density at radius 3 is 2.27 bits per heavy atom. The molecule has 2 heteroatoms. The third kappa shape index (κ3) is 2.69. The number of aromatic nitrogens is 2. The second-order valence-corrected chi connectivity index (χ2v) is 6.14. The van der Waals surface area contributed by atoms with Crippen molar-refractivity contribution in [1.29, 1.82) is 0 Å². The minimum absolute atomic E-state index is 0.328. The van der Waals surface area contributed by atoms with Crippen molar-refractivity contribution in [3.05, 3.63) is 65.7 Å². The SMILES string of the molecule is Cc1ccc(-c2cc(-c3ccccc3)n(C(C)C)n2)c(C)c1. The van der Waals surface area contributed by atoms with Crippen LogP contribution in [0.25, 0.3) is 22.5 Å². The summed E-state index contributed by atoms with van der Waals surface area (Å²) in [6, 6.07) is 19.5. The second-order valence-electron chi connectivity index (χ2n) is 6.14. The van der Waals surface area contributed by atoms with E-state index in [-0.39, 0.29) is 0 Å². The molecule has 0 aliphatic heterocycles. The van der Waals surface area contributed by atoms with Crippen molar-refractivity contribution < 1.29 is 0 Å². The van der Waals surface area contributed by atoms with E-state index in [1.807, 2.05) is 6.07 Å². The summed E-state index contributed by atoms with van der Waals surface area (Å²) < 4.78 is 2.12. The predicted molar refractivity (Wildman–Crippen MR) is 93.0 cm³/mol. The third-order valence-corrected chi connectivity index (χ3v) is 3.95. The first-order chi connectivity index (χ1) is 10.6. The lowest BCUT2D eigenvalue weighted by Crippen LogP contribution is -2.04. The summed E-state index contributed by atoms with van der Waals surface area (Å²) in [6.45, 7) is 8.62. The molecule has 0 spiro atoms. The van der Waals surface area contributed by atoms with Crippen LogP contribution in [0.2, 0.25) is 0 Å². The Kier molecular flexibility index (Phi) is 3.84. The quantitative estimate of drug-likeness (QED) is 0.630. The van der Waals surface area contributed by atoms with Crippen LogP contribution in [0.15, 0.2) is 54.6 Å². The molecule has 0 aliphatic rings. The molecule has 0 aliphatic carbocycles.